The summed E-state index contributed by atoms with van der Waals surface area (Å²) >= 11 is 0. The molecule has 2 atom stereocenters. The number of amides is 2. The first-order chi connectivity index (χ1) is 14.5. The number of nitrogens with zero attached hydrogens (tertiary/aromatic N) is 2. The van der Waals surface area contributed by atoms with Crippen LogP contribution in [0.25, 0.3) is 0 Å². The molecule has 4 rings (SSSR count). The number of aromatic amines is 1. The first-order valence-corrected chi connectivity index (χ1v) is 10.5. The van der Waals surface area contributed by atoms with Gasteiger partial charge in [-0.2, -0.15) is 4.98 Å². The van der Waals surface area contributed by atoms with Crippen molar-refractivity contribution in [3.05, 3.63) is 51.8 Å². The molecule has 2 amide bonds. The van der Waals surface area contributed by atoms with E-state index in [2.05, 4.69) is 27.5 Å². The number of carbonyl (C=O) groups is 2. The summed E-state index contributed by atoms with van der Waals surface area (Å²) in [5.41, 5.74) is 0.983. The molecule has 1 aromatic heterocycles. The van der Waals surface area contributed by atoms with Gasteiger partial charge in [0.15, 0.2) is 0 Å². The number of hydrogen-bond donors (Lipinski definition) is 3. The van der Waals surface area contributed by atoms with Crippen molar-refractivity contribution in [3.63, 3.8) is 0 Å². The van der Waals surface area contributed by atoms with Crippen LogP contribution >= 0.6 is 0 Å². The van der Waals surface area contributed by atoms with Crippen molar-refractivity contribution in [3.8, 4) is 0 Å². The van der Waals surface area contributed by atoms with Crippen LogP contribution in [-0.2, 0) is 16.0 Å². The molecule has 2 aliphatic heterocycles. The average molecular weight is 409 g/mol. The fourth-order valence-corrected chi connectivity index (χ4v) is 4.21. The molecule has 0 aliphatic carbocycles. The highest BCUT2D eigenvalue weighted by atomic mass is 16.2. The summed E-state index contributed by atoms with van der Waals surface area (Å²) in [6.45, 7) is 4.22. The highest BCUT2D eigenvalue weighted by molar-refractivity contribution is 6.00. The summed E-state index contributed by atoms with van der Waals surface area (Å²) in [6, 6.07) is 9.83. The Morgan fingerprint density at radius 1 is 1.27 bits per heavy atom. The first-order valence-electron chi connectivity index (χ1n) is 10.5. The lowest BCUT2D eigenvalue weighted by atomic mass is 9.92. The van der Waals surface area contributed by atoms with Crippen LogP contribution in [-0.4, -0.2) is 41.4 Å². The van der Waals surface area contributed by atoms with Crippen molar-refractivity contribution < 1.29 is 9.59 Å². The Labute approximate surface area is 175 Å². The van der Waals surface area contributed by atoms with Gasteiger partial charge >= 0.3 is 0 Å². The summed E-state index contributed by atoms with van der Waals surface area (Å²) in [5.74, 6) is -0.300. The Morgan fingerprint density at radius 2 is 2.07 bits per heavy atom. The van der Waals surface area contributed by atoms with Gasteiger partial charge in [0.05, 0.1) is 11.5 Å². The molecule has 2 aromatic rings. The molecule has 2 aliphatic rings. The lowest BCUT2D eigenvalue weighted by Gasteiger charge is -2.32. The quantitative estimate of drug-likeness (QED) is 0.698. The summed E-state index contributed by atoms with van der Waals surface area (Å²) in [6.07, 6.45) is 2.79. The lowest BCUT2D eigenvalue weighted by Crippen LogP contribution is -2.41. The van der Waals surface area contributed by atoms with Gasteiger partial charge < -0.3 is 15.5 Å². The van der Waals surface area contributed by atoms with Crippen molar-refractivity contribution in [1.82, 2.24) is 15.3 Å². The van der Waals surface area contributed by atoms with Crippen LogP contribution in [0, 0.1) is 5.92 Å². The monoisotopic (exact) mass is 409 g/mol. The molecule has 8 nitrogen and oxygen atoms in total. The Balaban J connectivity index is 1.51. The number of rotatable bonds is 5. The number of hydrogen-bond acceptors (Lipinski definition) is 5. The van der Waals surface area contributed by atoms with E-state index in [9.17, 15) is 14.4 Å². The number of piperidine rings is 1. The second kappa shape index (κ2) is 8.69. The van der Waals surface area contributed by atoms with Crippen LogP contribution in [0.15, 0.2) is 35.1 Å². The maximum absolute atomic E-state index is 12.9. The normalized spacial score (nSPS) is 21.0. The summed E-state index contributed by atoms with van der Waals surface area (Å²) < 4.78 is 0. The van der Waals surface area contributed by atoms with Crippen LogP contribution < -0.4 is 21.1 Å². The van der Waals surface area contributed by atoms with Crippen LogP contribution in [0.3, 0.4) is 0 Å². The molecule has 8 heteroatoms. The number of anilines is 2. The molecular weight excluding hydrogens is 382 g/mol. The van der Waals surface area contributed by atoms with Gasteiger partial charge in [-0.15, -0.1) is 0 Å². The minimum atomic E-state index is -0.838. The zero-order valence-corrected chi connectivity index (χ0v) is 17.1. The third kappa shape index (κ3) is 4.37. The first kappa shape index (κ1) is 20.1. The van der Waals surface area contributed by atoms with E-state index >= 15 is 0 Å². The molecule has 0 saturated carbocycles. The Bertz CT molecular complexity index is 988. The van der Waals surface area contributed by atoms with Gasteiger partial charge in [0.2, 0.25) is 17.8 Å². The molecule has 0 bridgehead atoms. The Kier molecular flexibility index (Phi) is 5.83. The molecule has 3 N–H and O–H groups in total. The smallest absolute Gasteiger partial charge is 0.258 e. The van der Waals surface area contributed by atoms with Gasteiger partial charge in [-0.3, -0.25) is 19.4 Å². The minimum absolute atomic E-state index is 0.0605. The van der Waals surface area contributed by atoms with E-state index in [1.165, 1.54) is 0 Å². The van der Waals surface area contributed by atoms with E-state index in [4.69, 9.17) is 0 Å². The van der Waals surface area contributed by atoms with E-state index in [-0.39, 0.29) is 35.2 Å². The largest absolute Gasteiger partial charge is 0.355 e. The van der Waals surface area contributed by atoms with Crippen molar-refractivity contribution in [2.75, 3.05) is 29.9 Å². The summed E-state index contributed by atoms with van der Waals surface area (Å²) in [4.78, 5) is 47.3. The summed E-state index contributed by atoms with van der Waals surface area (Å²) in [5, 5.41) is 5.54. The molecule has 1 fully saturated rings. The van der Waals surface area contributed by atoms with Gasteiger partial charge in [-0.05, 0) is 30.7 Å². The van der Waals surface area contributed by atoms with Crippen molar-refractivity contribution in [2.45, 2.75) is 38.5 Å². The van der Waals surface area contributed by atoms with Gasteiger partial charge in [-0.1, -0.05) is 37.3 Å². The van der Waals surface area contributed by atoms with E-state index in [0.29, 0.717) is 24.8 Å². The molecule has 1 aromatic carbocycles. The second-order valence-corrected chi connectivity index (χ2v) is 8.18. The van der Waals surface area contributed by atoms with Gasteiger partial charge in [0, 0.05) is 26.1 Å². The third-order valence-corrected chi connectivity index (χ3v) is 5.77. The van der Waals surface area contributed by atoms with Crippen LogP contribution in [0.5, 0.6) is 0 Å². The van der Waals surface area contributed by atoms with E-state index < -0.39 is 5.92 Å². The zero-order valence-electron chi connectivity index (χ0n) is 17.1. The molecule has 0 unspecified atom stereocenters. The predicted molar refractivity (Wildman–Crippen MR) is 115 cm³/mol. The fourth-order valence-electron chi connectivity index (χ4n) is 4.21. The fraction of sp³-hybridized carbons (Fsp3) is 0.455. The molecular formula is C22H27N5O3. The van der Waals surface area contributed by atoms with Crippen LogP contribution in [0.1, 0.15) is 43.2 Å². The predicted octanol–water partition coefficient (Wildman–Crippen LogP) is 1.79. The van der Waals surface area contributed by atoms with Crippen molar-refractivity contribution in [2.24, 2.45) is 5.92 Å². The van der Waals surface area contributed by atoms with Gasteiger partial charge in [-0.25, -0.2) is 0 Å². The number of carbonyl (C=O) groups excluding carboxylic acids is 2. The van der Waals surface area contributed by atoms with Gasteiger partial charge in [0.25, 0.3) is 5.56 Å². The van der Waals surface area contributed by atoms with E-state index in [1.54, 1.807) is 0 Å². The molecule has 0 spiro atoms. The third-order valence-electron chi connectivity index (χ3n) is 5.77. The number of nitrogens with one attached hydrogen (secondary N) is 3. The molecule has 30 heavy (non-hydrogen) atoms. The Hall–Kier alpha value is -3.16. The van der Waals surface area contributed by atoms with Crippen LogP contribution in [0.2, 0.25) is 0 Å². The topological polar surface area (TPSA) is 107 Å². The number of aromatic nitrogens is 2. The highest BCUT2D eigenvalue weighted by Crippen LogP contribution is 2.30. The van der Waals surface area contributed by atoms with E-state index in [0.717, 1.165) is 31.5 Å². The zero-order chi connectivity index (χ0) is 21.1. The number of H-pyrrole nitrogens is 1. The molecule has 1 saturated heterocycles. The summed E-state index contributed by atoms with van der Waals surface area (Å²) in [7, 11) is 0. The standard InChI is InChI=1S/C22H27N5O3/c1-14-6-5-11-27(13-14)22-25-19-18(21(30)26-22)16(12-17(28)24-19)20(29)23-10-9-15-7-3-2-4-8-15/h2-4,7-8,14,16H,5-6,9-13H2,1H3,(H,23,29)(H2,24,25,26,28,30)/t14-,16-/m0/s1. The number of benzene rings is 1. The second-order valence-electron chi connectivity index (χ2n) is 8.18. The van der Waals surface area contributed by atoms with E-state index in [1.807, 2.05) is 35.2 Å². The maximum Gasteiger partial charge on any atom is 0.258 e. The molecule has 0 radical (unpaired) electrons. The molecule has 3 heterocycles. The average Bonchev–Trinajstić information content (AvgIpc) is 2.73. The highest BCUT2D eigenvalue weighted by Gasteiger charge is 2.35. The van der Waals surface area contributed by atoms with Gasteiger partial charge in [0.1, 0.15) is 5.82 Å². The minimum Gasteiger partial charge on any atom is -0.355 e. The van der Waals surface area contributed by atoms with Crippen molar-refractivity contribution >= 4 is 23.6 Å². The van der Waals surface area contributed by atoms with Crippen LogP contribution in [0.4, 0.5) is 11.8 Å². The lowest BCUT2D eigenvalue weighted by molar-refractivity contribution is -0.126. The number of fused-ring (bicyclic) bond motifs is 1. The molecule has 158 valence electrons. The van der Waals surface area contributed by atoms with Crippen molar-refractivity contribution in [1.29, 1.82) is 0 Å². The Morgan fingerprint density at radius 3 is 2.83 bits per heavy atom. The maximum atomic E-state index is 12.9. The SMILES string of the molecule is C[C@H]1CCCN(c2nc3c(c(=O)[nH]2)[C@@H](C(=O)NCCc2ccccc2)CC(=O)N3)C1.